The largest absolute Gasteiger partial charge is 0.476 e. The average molecular weight is 275 g/mol. The summed E-state index contributed by atoms with van der Waals surface area (Å²) in [6.07, 6.45) is 0. The third-order valence-electron chi connectivity index (χ3n) is 3.70. The van der Waals surface area contributed by atoms with Crippen molar-refractivity contribution in [3.8, 4) is 5.75 Å². The van der Waals surface area contributed by atoms with Gasteiger partial charge in [-0.3, -0.25) is 4.79 Å². The van der Waals surface area contributed by atoms with Gasteiger partial charge in [-0.15, -0.1) is 0 Å². The van der Waals surface area contributed by atoms with E-state index in [1.807, 2.05) is 38.7 Å². The molecule has 0 atom stereocenters. The Kier molecular flexibility index (Phi) is 3.35. The summed E-state index contributed by atoms with van der Waals surface area (Å²) < 4.78 is 5.96. The molecule has 3 nitrogen and oxygen atoms in total. The topological polar surface area (TPSA) is 29.5 Å². The van der Waals surface area contributed by atoms with E-state index >= 15 is 0 Å². The van der Waals surface area contributed by atoms with E-state index in [1.54, 1.807) is 0 Å². The number of fused-ring (bicyclic) bond motifs is 1. The normalized spacial score (nSPS) is 18.0. The van der Waals surface area contributed by atoms with Gasteiger partial charge in [0.25, 0.3) is 5.91 Å². The number of benzene rings is 1. The van der Waals surface area contributed by atoms with Crippen LogP contribution >= 0.6 is 0 Å². The van der Waals surface area contributed by atoms with Crippen molar-refractivity contribution < 1.29 is 9.53 Å². The number of nitrogens with zero attached hydrogens (tertiary/aromatic N) is 1. The van der Waals surface area contributed by atoms with Crippen LogP contribution in [0.15, 0.2) is 18.2 Å². The lowest BCUT2D eigenvalue weighted by atomic mass is 9.86. The predicted molar refractivity (Wildman–Crippen MR) is 82.5 cm³/mol. The summed E-state index contributed by atoms with van der Waals surface area (Å²) in [7, 11) is 0. The molecule has 0 aromatic heterocycles. The van der Waals surface area contributed by atoms with Gasteiger partial charge < -0.3 is 9.64 Å². The SMILES string of the molecule is CC(C)N1C(=O)C(C)(C)Oc2cc(C(C)(C)C)ccc21. The van der Waals surface area contributed by atoms with Gasteiger partial charge in [0.1, 0.15) is 5.75 Å². The van der Waals surface area contributed by atoms with Gasteiger partial charge in [-0.25, -0.2) is 0 Å². The molecule has 0 N–H and O–H groups in total. The summed E-state index contributed by atoms with van der Waals surface area (Å²) in [5.74, 6) is 0.819. The van der Waals surface area contributed by atoms with Crippen LogP contribution in [0.4, 0.5) is 5.69 Å². The number of carbonyl (C=O) groups excluding carboxylic acids is 1. The molecule has 1 aliphatic rings. The molecule has 1 aromatic rings. The maximum absolute atomic E-state index is 12.5. The summed E-state index contributed by atoms with van der Waals surface area (Å²) in [5, 5.41) is 0. The van der Waals surface area contributed by atoms with Gasteiger partial charge in [-0.05, 0) is 50.8 Å². The van der Waals surface area contributed by atoms with E-state index in [0.717, 1.165) is 11.4 Å². The smallest absolute Gasteiger partial charge is 0.270 e. The molecule has 0 saturated heterocycles. The van der Waals surface area contributed by atoms with Gasteiger partial charge in [0, 0.05) is 6.04 Å². The Morgan fingerprint density at radius 1 is 1.20 bits per heavy atom. The maximum atomic E-state index is 12.5. The zero-order valence-electron chi connectivity index (χ0n) is 13.6. The highest BCUT2D eigenvalue weighted by molar-refractivity contribution is 6.02. The number of amides is 1. The average Bonchev–Trinajstić information content (AvgIpc) is 2.27. The van der Waals surface area contributed by atoms with Crippen molar-refractivity contribution in [1.82, 2.24) is 0 Å². The van der Waals surface area contributed by atoms with Crippen molar-refractivity contribution in [3.05, 3.63) is 23.8 Å². The van der Waals surface area contributed by atoms with Crippen LogP contribution in [0.3, 0.4) is 0 Å². The van der Waals surface area contributed by atoms with E-state index in [9.17, 15) is 4.79 Å². The first-order valence-electron chi connectivity index (χ1n) is 7.21. The molecular weight excluding hydrogens is 250 g/mol. The number of carbonyl (C=O) groups is 1. The standard InChI is InChI=1S/C17H25NO2/c1-11(2)18-13-9-8-12(16(3,4)5)10-14(13)20-17(6,7)15(18)19/h8-11H,1-7H3. The highest BCUT2D eigenvalue weighted by Gasteiger charge is 2.42. The molecule has 1 aliphatic heterocycles. The molecule has 1 heterocycles. The Balaban J connectivity index is 2.58. The summed E-state index contributed by atoms with van der Waals surface area (Å²) in [6.45, 7) is 14.2. The van der Waals surface area contributed by atoms with Crippen molar-refractivity contribution in [1.29, 1.82) is 0 Å². The molecule has 1 aromatic carbocycles. The van der Waals surface area contributed by atoms with Crippen LogP contribution in [0, 0.1) is 0 Å². The minimum absolute atomic E-state index is 0.0171. The summed E-state index contributed by atoms with van der Waals surface area (Å²) in [4.78, 5) is 14.4. The van der Waals surface area contributed by atoms with Crippen LogP contribution in [0.2, 0.25) is 0 Å². The Bertz CT molecular complexity index is 538. The van der Waals surface area contributed by atoms with E-state index in [0.29, 0.717) is 0 Å². The van der Waals surface area contributed by atoms with Gasteiger partial charge in [0.15, 0.2) is 5.60 Å². The Morgan fingerprint density at radius 3 is 2.30 bits per heavy atom. The van der Waals surface area contributed by atoms with Crippen LogP contribution in [0.25, 0.3) is 0 Å². The summed E-state index contributed by atoms with van der Waals surface area (Å²) in [6, 6.07) is 6.27. The molecule has 2 rings (SSSR count). The first kappa shape index (κ1) is 14.9. The number of hydrogen-bond acceptors (Lipinski definition) is 2. The molecule has 0 radical (unpaired) electrons. The van der Waals surface area contributed by atoms with Crippen LogP contribution in [0.5, 0.6) is 5.75 Å². The molecule has 0 aliphatic carbocycles. The van der Waals surface area contributed by atoms with Crippen LogP contribution < -0.4 is 9.64 Å². The van der Waals surface area contributed by atoms with Gasteiger partial charge in [0.05, 0.1) is 5.69 Å². The van der Waals surface area contributed by atoms with Crippen molar-refractivity contribution in [2.45, 2.75) is 65.5 Å². The van der Waals surface area contributed by atoms with Gasteiger partial charge in [-0.1, -0.05) is 26.8 Å². The minimum atomic E-state index is -0.812. The molecular formula is C17H25NO2. The minimum Gasteiger partial charge on any atom is -0.476 e. The highest BCUT2D eigenvalue weighted by atomic mass is 16.5. The quantitative estimate of drug-likeness (QED) is 0.778. The number of hydrogen-bond donors (Lipinski definition) is 0. The molecule has 0 saturated carbocycles. The molecule has 0 spiro atoms. The van der Waals surface area contributed by atoms with E-state index in [1.165, 1.54) is 5.56 Å². The second-order valence-electron chi connectivity index (χ2n) is 7.31. The van der Waals surface area contributed by atoms with Crippen LogP contribution in [-0.2, 0) is 10.2 Å². The molecule has 20 heavy (non-hydrogen) atoms. The lowest BCUT2D eigenvalue weighted by Crippen LogP contribution is -2.54. The van der Waals surface area contributed by atoms with Crippen LogP contribution in [0.1, 0.15) is 54.0 Å². The molecule has 3 heteroatoms. The van der Waals surface area contributed by atoms with Gasteiger partial charge >= 0.3 is 0 Å². The third-order valence-corrected chi connectivity index (χ3v) is 3.70. The Hall–Kier alpha value is -1.51. The fourth-order valence-corrected chi connectivity index (χ4v) is 2.49. The highest BCUT2D eigenvalue weighted by Crippen LogP contribution is 2.41. The zero-order chi connectivity index (χ0) is 15.3. The second kappa shape index (κ2) is 4.51. The number of anilines is 1. The lowest BCUT2D eigenvalue weighted by molar-refractivity contribution is -0.133. The van der Waals surface area contributed by atoms with Crippen molar-refractivity contribution in [2.75, 3.05) is 4.90 Å². The number of ether oxygens (including phenoxy) is 1. The monoisotopic (exact) mass is 275 g/mol. The van der Waals surface area contributed by atoms with E-state index in [2.05, 4.69) is 32.9 Å². The fourth-order valence-electron chi connectivity index (χ4n) is 2.49. The van der Waals surface area contributed by atoms with Crippen molar-refractivity contribution in [3.63, 3.8) is 0 Å². The first-order valence-corrected chi connectivity index (χ1v) is 7.21. The predicted octanol–water partition coefficient (Wildman–Crippen LogP) is 3.90. The molecule has 0 fully saturated rings. The Labute approximate surface area is 121 Å². The van der Waals surface area contributed by atoms with Gasteiger partial charge in [0.2, 0.25) is 0 Å². The fraction of sp³-hybridized carbons (Fsp3) is 0.588. The van der Waals surface area contributed by atoms with Crippen LogP contribution in [-0.4, -0.2) is 17.6 Å². The van der Waals surface area contributed by atoms with Crippen molar-refractivity contribution >= 4 is 11.6 Å². The van der Waals surface area contributed by atoms with Gasteiger partial charge in [-0.2, -0.15) is 0 Å². The summed E-state index contributed by atoms with van der Waals surface area (Å²) >= 11 is 0. The number of rotatable bonds is 1. The zero-order valence-corrected chi connectivity index (χ0v) is 13.6. The lowest BCUT2D eigenvalue weighted by Gasteiger charge is -2.41. The molecule has 1 amide bonds. The second-order valence-corrected chi connectivity index (χ2v) is 7.31. The van der Waals surface area contributed by atoms with Crippen molar-refractivity contribution in [2.24, 2.45) is 0 Å². The molecule has 0 bridgehead atoms. The maximum Gasteiger partial charge on any atom is 0.270 e. The molecule has 110 valence electrons. The molecule has 0 unspecified atom stereocenters. The first-order chi connectivity index (χ1) is 9.04. The summed E-state index contributed by atoms with van der Waals surface area (Å²) in [5.41, 5.74) is 1.34. The van der Waals surface area contributed by atoms with E-state index < -0.39 is 5.60 Å². The Morgan fingerprint density at radius 2 is 1.80 bits per heavy atom. The van der Waals surface area contributed by atoms with E-state index in [-0.39, 0.29) is 17.4 Å². The van der Waals surface area contributed by atoms with E-state index in [4.69, 9.17) is 4.74 Å². The third kappa shape index (κ3) is 2.41.